The van der Waals surface area contributed by atoms with Crippen LogP contribution in [0.5, 0.6) is 0 Å². The van der Waals surface area contributed by atoms with E-state index in [4.69, 9.17) is 11.6 Å². The lowest BCUT2D eigenvalue weighted by Gasteiger charge is -2.14. The Labute approximate surface area is 136 Å². The van der Waals surface area contributed by atoms with E-state index in [2.05, 4.69) is 17.6 Å². The lowest BCUT2D eigenvalue weighted by molar-refractivity contribution is -0.115. The second kappa shape index (κ2) is 7.43. The van der Waals surface area contributed by atoms with Crippen molar-refractivity contribution >= 4 is 23.2 Å². The SMILES string of the molecule is Cc1ccc(NC(=O)CN[C@H](C)c2ccc(Cl)cc2)cc1C. The van der Waals surface area contributed by atoms with Crippen LogP contribution in [0.25, 0.3) is 0 Å². The lowest BCUT2D eigenvalue weighted by Crippen LogP contribution is -2.30. The van der Waals surface area contributed by atoms with Gasteiger partial charge in [-0.15, -0.1) is 0 Å². The minimum atomic E-state index is -0.0518. The number of hydrogen-bond donors (Lipinski definition) is 2. The smallest absolute Gasteiger partial charge is 0.238 e. The average molecular weight is 317 g/mol. The molecule has 3 nitrogen and oxygen atoms in total. The second-order valence-electron chi connectivity index (χ2n) is 5.50. The molecule has 2 aromatic carbocycles. The molecular formula is C18H21ClN2O. The predicted octanol–water partition coefficient (Wildman–Crippen LogP) is 4.25. The highest BCUT2D eigenvalue weighted by Crippen LogP contribution is 2.16. The van der Waals surface area contributed by atoms with Crippen molar-refractivity contribution in [1.82, 2.24) is 5.32 Å². The minimum absolute atomic E-state index is 0.0518. The van der Waals surface area contributed by atoms with Crippen LogP contribution in [0.4, 0.5) is 5.69 Å². The van der Waals surface area contributed by atoms with E-state index in [1.165, 1.54) is 11.1 Å². The fourth-order valence-electron chi connectivity index (χ4n) is 2.14. The van der Waals surface area contributed by atoms with Gasteiger partial charge in [-0.2, -0.15) is 0 Å². The Bertz CT molecular complexity index is 653. The van der Waals surface area contributed by atoms with Crippen molar-refractivity contribution in [3.63, 3.8) is 0 Å². The Morgan fingerprint density at radius 1 is 1.09 bits per heavy atom. The van der Waals surface area contributed by atoms with Gasteiger partial charge in [-0.05, 0) is 61.7 Å². The standard InChI is InChI=1S/C18H21ClN2O/c1-12-4-9-17(10-13(12)2)21-18(22)11-20-14(3)15-5-7-16(19)8-6-15/h4-10,14,20H,11H2,1-3H3,(H,21,22)/t14-/m1/s1. The van der Waals surface area contributed by atoms with Gasteiger partial charge in [0.05, 0.1) is 6.54 Å². The number of aryl methyl sites for hydroxylation is 2. The fraction of sp³-hybridized carbons (Fsp3) is 0.278. The zero-order valence-electron chi connectivity index (χ0n) is 13.1. The summed E-state index contributed by atoms with van der Waals surface area (Å²) in [5.74, 6) is -0.0518. The summed E-state index contributed by atoms with van der Waals surface area (Å²) in [6, 6.07) is 13.6. The zero-order valence-corrected chi connectivity index (χ0v) is 13.9. The molecule has 0 saturated carbocycles. The van der Waals surface area contributed by atoms with Crippen LogP contribution in [0, 0.1) is 13.8 Å². The summed E-state index contributed by atoms with van der Waals surface area (Å²) in [5, 5.41) is 6.82. The molecule has 0 saturated heterocycles. The van der Waals surface area contributed by atoms with E-state index < -0.39 is 0 Å². The molecule has 0 bridgehead atoms. The highest BCUT2D eigenvalue weighted by atomic mass is 35.5. The van der Waals surface area contributed by atoms with Gasteiger partial charge in [0.2, 0.25) is 5.91 Å². The fourth-order valence-corrected chi connectivity index (χ4v) is 2.27. The number of halogens is 1. The summed E-state index contributed by atoms with van der Waals surface area (Å²) in [6.07, 6.45) is 0. The summed E-state index contributed by atoms with van der Waals surface area (Å²) in [6.45, 7) is 6.37. The predicted molar refractivity (Wildman–Crippen MR) is 92.4 cm³/mol. The van der Waals surface area contributed by atoms with Crippen molar-refractivity contribution in [2.45, 2.75) is 26.8 Å². The molecule has 22 heavy (non-hydrogen) atoms. The first-order valence-electron chi connectivity index (χ1n) is 7.31. The zero-order chi connectivity index (χ0) is 16.1. The maximum atomic E-state index is 12.0. The van der Waals surface area contributed by atoms with Crippen molar-refractivity contribution < 1.29 is 4.79 Å². The summed E-state index contributed by atoms with van der Waals surface area (Å²) < 4.78 is 0. The van der Waals surface area contributed by atoms with Crippen LogP contribution in [0.15, 0.2) is 42.5 Å². The molecule has 1 amide bonds. The molecule has 1 atom stereocenters. The monoisotopic (exact) mass is 316 g/mol. The molecule has 0 heterocycles. The highest BCUT2D eigenvalue weighted by Gasteiger charge is 2.08. The quantitative estimate of drug-likeness (QED) is 0.866. The van der Waals surface area contributed by atoms with E-state index in [-0.39, 0.29) is 18.5 Å². The maximum absolute atomic E-state index is 12.0. The number of carbonyl (C=O) groups excluding carboxylic acids is 1. The third kappa shape index (κ3) is 4.58. The number of carbonyl (C=O) groups is 1. The molecule has 0 spiro atoms. The van der Waals surface area contributed by atoms with Crippen LogP contribution < -0.4 is 10.6 Å². The largest absolute Gasteiger partial charge is 0.325 e. The molecule has 0 aliphatic rings. The molecule has 0 aromatic heterocycles. The average Bonchev–Trinajstić information content (AvgIpc) is 2.49. The summed E-state index contributed by atoms with van der Waals surface area (Å²) >= 11 is 5.87. The summed E-state index contributed by atoms with van der Waals surface area (Å²) in [5.41, 5.74) is 4.31. The van der Waals surface area contributed by atoms with Gasteiger partial charge in [-0.25, -0.2) is 0 Å². The molecule has 0 radical (unpaired) electrons. The van der Waals surface area contributed by atoms with E-state index in [0.29, 0.717) is 5.02 Å². The number of benzene rings is 2. The number of amides is 1. The van der Waals surface area contributed by atoms with Crippen LogP contribution in [-0.2, 0) is 4.79 Å². The first-order chi connectivity index (χ1) is 10.5. The van der Waals surface area contributed by atoms with E-state index >= 15 is 0 Å². The Balaban J connectivity index is 1.86. The van der Waals surface area contributed by atoms with Gasteiger partial charge < -0.3 is 10.6 Å². The summed E-state index contributed by atoms with van der Waals surface area (Å²) in [7, 11) is 0. The van der Waals surface area contributed by atoms with Crippen molar-refractivity contribution in [3.8, 4) is 0 Å². The third-order valence-electron chi connectivity index (χ3n) is 3.73. The molecule has 4 heteroatoms. The van der Waals surface area contributed by atoms with Crippen LogP contribution in [-0.4, -0.2) is 12.5 Å². The number of anilines is 1. The van der Waals surface area contributed by atoms with Gasteiger partial charge in [-0.1, -0.05) is 29.8 Å². The highest BCUT2D eigenvalue weighted by molar-refractivity contribution is 6.30. The molecule has 116 valence electrons. The van der Waals surface area contributed by atoms with Gasteiger partial charge >= 0.3 is 0 Å². The van der Waals surface area contributed by atoms with Crippen LogP contribution >= 0.6 is 11.6 Å². The van der Waals surface area contributed by atoms with Gasteiger partial charge in [0.15, 0.2) is 0 Å². The van der Waals surface area contributed by atoms with Crippen LogP contribution in [0.3, 0.4) is 0 Å². The Hall–Kier alpha value is -1.84. The molecule has 2 rings (SSSR count). The van der Waals surface area contributed by atoms with Gasteiger partial charge in [0.25, 0.3) is 0 Å². The van der Waals surface area contributed by atoms with Crippen LogP contribution in [0.2, 0.25) is 5.02 Å². The third-order valence-corrected chi connectivity index (χ3v) is 3.98. The van der Waals surface area contributed by atoms with Gasteiger partial charge in [-0.3, -0.25) is 4.79 Å². The number of nitrogens with one attached hydrogen (secondary N) is 2. The van der Waals surface area contributed by atoms with E-state index in [1.807, 2.05) is 56.3 Å². The molecule has 2 aromatic rings. The van der Waals surface area contributed by atoms with Crippen molar-refractivity contribution in [2.75, 3.05) is 11.9 Å². The van der Waals surface area contributed by atoms with Crippen molar-refractivity contribution in [1.29, 1.82) is 0 Å². The van der Waals surface area contributed by atoms with Gasteiger partial charge in [0, 0.05) is 16.8 Å². The van der Waals surface area contributed by atoms with Gasteiger partial charge in [0.1, 0.15) is 0 Å². The van der Waals surface area contributed by atoms with Crippen LogP contribution in [0.1, 0.15) is 29.7 Å². The van der Waals surface area contributed by atoms with E-state index in [9.17, 15) is 4.79 Å². The normalized spacial score (nSPS) is 12.0. The first kappa shape index (κ1) is 16.5. The lowest BCUT2D eigenvalue weighted by atomic mass is 10.1. The molecule has 0 fully saturated rings. The minimum Gasteiger partial charge on any atom is -0.325 e. The second-order valence-corrected chi connectivity index (χ2v) is 5.94. The molecular weight excluding hydrogens is 296 g/mol. The molecule has 2 N–H and O–H groups in total. The molecule has 0 unspecified atom stereocenters. The topological polar surface area (TPSA) is 41.1 Å². The van der Waals surface area contributed by atoms with Crippen molar-refractivity contribution in [2.24, 2.45) is 0 Å². The molecule has 0 aliphatic heterocycles. The number of rotatable bonds is 5. The Morgan fingerprint density at radius 3 is 2.41 bits per heavy atom. The Kier molecular flexibility index (Phi) is 5.58. The maximum Gasteiger partial charge on any atom is 0.238 e. The van der Waals surface area contributed by atoms with Crippen molar-refractivity contribution in [3.05, 3.63) is 64.2 Å². The number of hydrogen-bond acceptors (Lipinski definition) is 2. The Morgan fingerprint density at radius 2 is 1.77 bits per heavy atom. The van der Waals surface area contributed by atoms with E-state index in [1.54, 1.807) is 0 Å². The van der Waals surface area contributed by atoms with E-state index in [0.717, 1.165) is 11.3 Å². The summed E-state index contributed by atoms with van der Waals surface area (Å²) in [4.78, 5) is 12.0. The first-order valence-corrected chi connectivity index (χ1v) is 7.69. The molecule has 0 aliphatic carbocycles.